The van der Waals surface area contributed by atoms with Crippen LogP contribution in [0.4, 0.5) is 8.78 Å². The van der Waals surface area contributed by atoms with Crippen molar-refractivity contribution in [2.24, 2.45) is 17.6 Å². The molecule has 0 amide bonds. The number of nitrogens with two attached hydrogens (primary N) is 1. The maximum absolute atomic E-state index is 14.1. The first kappa shape index (κ1) is 18.0. The Balaban J connectivity index is 1.22. The lowest BCUT2D eigenvalue weighted by atomic mass is 9.93. The van der Waals surface area contributed by atoms with Crippen molar-refractivity contribution in [1.29, 1.82) is 0 Å². The van der Waals surface area contributed by atoms with Crippen LogP contribution in [0.3, 0.4) is 0 Å². The summed E-state index contributed by atoms with van der Waals surface area (Å²) in [7, 11) is 0. The molecule has 1 aromatic carbocycles. The first-order valence-electron chi connectivity index (χ1n) is 10.4. The molecule has 148 valence electrons. The summed E-state index contributed by atoms with van der Waals surface area (Å²) in [6.07, 6.45) is 4.31. The number of fused-ring (bicyclic) bond motifs is 1. The highest BCUT2D eigenvalue weighted by Gasteiger charge is 2.45. The van der Waals surface area contributed by atoms with Crippen LogP contribution in [0.1, 0.15) is 37.4 Å². The molecule has 6 heteroatoms. The predicted octanol–water partition coefficient (Wildman–Crippen LogP) is 2.54. The van der Waals surface area contributed by atoms with Crippen molar-refractivity contribution < 1.29 is 13.5 Å². The van der Waals surface area contributed by atoms with Gasteiger partial charge >= 0.3 is 0 Å². The fourth-order valence-electron chi connectivity index (χ4n) is 5.39. The Hall–Kier alpha value is -1.08. The second kappa shape index (κ2) is 7.07. The molecule has 0 aromatic heterocycles. The van der Waals surface area contributed by atoms with Crippen LogP contribution in [0.25, 0.3) is 0 Å². The van der Waals surface area contributed by atoms with E-state index in [0.29, 0.717) is 12.6 Å². The summed E-state index contributed by atoms with van der Waals surface area (Å²) in [5, 5.41) is 0. The molecule has 4 fully saturated rings. The van der Waals surface area contributed by atoms with Gasteiger partial charge in [-0.15, -0.1) is 0 Å². The number of halogens is 2. The van der Waals surface area contributed by atoms with Gasteiger partial charge in [0.05, 0.1) is 6.61 Å². The topological polar surface area (TPSA) is 41.7 Å². The summed E-state index contributed by atoms with van der Waals surface area (Å²) < 4.78 is 33.6. The van der Waals surface area contributed by atoms with E-state index in [4.69, 9.17) is 10.5 Å². The van der Waals surface area contributed by atoms with Crippen molar-refractivity contribution in [3.05, 3.63) is 35.4 Å². The van der Waals surface area contributed by atoms with Gasteiger partial charge in [0, 0.05) is 43.3 Å². The van der Waals surface area contributed by atoms with Gasteiger partial charge in [-0.05, 0) is 62.3 Å². The Kier molecular flexibility index (Phi) is 4.71. The van der Waals surface area contributed by atoms with E-state index in [1.165, 1.54) is 38.4 Å². The molecule has 1 aromatic rings. The lowest BCUT2D eigenvalue weighted by Gasteiger charge is -2.39. The molecule has 3 saturated heterocycles. The van der Waals surface area contributed by atoms with Crippen molar-refractivity contribution in [3.63, 3.8) is 0 Å². The van der Waals surface area contributed by atoms with Gasteiger partial charge < -0.3 is 10.5 Å². The SMILES string of the molecule is N[C@H]1C[C@@H](N2CC3CCN(CC4CC4)C3C2)CO[C@@H]1c1cc(F)ccc1F. The first-order chi connectivity index (χ1) is 13.1. The summed E-state index contributed by atoms with van der Waals surface area (Å²) in [6.45, 7) is 5.27. The molecular weight excluding hydrogens is 348 g/mol. The van der Waals surface area contributed by atoms with Gasteiger partial charge in [-0.3, -0.25) is 9.80 Å². The third-order valence-electron chi connectivity index (χ3n) is 7.06. The number of likely N-dealkylation sites (tertiary alicyclic amines) is 2. The Morgan fingerprint density at radius 3 is 2.78 bits per heavy atom. The Morgan fingerprint density at radius 2 is 2.00 bits per heavy atom. The lowest BCUT2D eigenvalue weighted by Crippen LogP contribution is -2.49. The van der Waals surface area contributed by atoms with Gasteiger partial charge in [-0.1, -0.05) is 0 Å². The molecule has 2 N–H and O–H groups in total. The van der Waals surface area contributed by atoms with Crippen LogP contribution in [0.15, 0.2) is 18.2 Å². The molecule has 1 saturated carbocycles. The van der Waals surface area contributed by atoms with Crippen LogP contribution in [0.2, 0.25) is 0 Å². The standard InChI is InChI=1S/C21H29F2N3O/c22-15-3-4-18(23)17(7-15)21-19(24)8-16(12-27-21)26-10-14-5-6-25(20(14)11-26)9-13-1-2-13/h3-4,7,13-14,16,19-21H,1-2,5-6,8-12,24H2/t14?,16-,19+,20?,21-/m1/s1. The van der Waals surface area contributed by atoms with Crippen LogP contribution in [0.5, 0.6) is 0 Å². The van der Waals surface area contributed by atoms with E-state index in [1.54, 1.807) is 0 Å². The van der Waals surface area contributed by atoms with E-state index in [-0.39, 0.29) is 17.6 Å². The maximum atomic E-state index is 14.1. The van der Waals surface area contributed by atoms with Crippen LogP contribution in [0, 0.1) is 23.5 Å². The zero-order valence-electron chi connectivity index (χ0n) is 15.7. The fourth-order valence-corrected chi connectivity index (χ4v) is 5.39. The molecule has 0 radical (unpaired) electrons. The fraction of sp³-hybridized carbons (Fsp3) is 0.714. The molecule has 5 atom stereocenters. The summed E-state index contributed by atoms with van der Waals surface area (Å²) in [4.78, 5) is 5.24. The van der Waals surface area contributed by atoms with Crippen molar-refractivity contribution in [3.8, 4) is 0 Å². The second-order valence-electron chi connectivity index (χ2n) is 8.98. The van der Waals surface area contributed by atoms with Crippen molar-refractivity contribution >= 4 is 0 Å². The summed E-state index contributed by atoms with van der Waals surface area (Å²) >= 11 is 0. The number of nitrogens with zero attached hydrogens (tertiary/aromatic N) is 2. The molecule has 1 aliphatic carbocycles. The zero-order chi connectivity index (χ0) is 18.5. The number of rotatable bonds is 4. The minimum Gasteiger partial charge on any atom is -0.370 e. The van der Waals surface area contributed by atoms with Crippen molar-refractivity contribution in [2.45, 2.75) is 49.9 Å². The number of hydrogen-bond acceptors (Lipinski definition) is 4. The van der Waals surface area contributed by atoms with Crippen LogP contribution in [-0.2, 0) is 4.74 Å². The number of ether oxygens (including phenoxy) is 1. The highest BCUT2D eigenvalue weighted by Crippen LogP contribution is 2.39. The van der Waals surface area contributed by atoms with E-state index in [1.807, 2.05) is 0 Å². The highest BCUT2D eigenvalue weighted by atomic mass is 19.1. The van der Waals surface area contributed by atoms with Crippen molar-refractivity contribution in [1.82, 2.24) is 9.80 Å². The molecule has 5 rings (SSSR count). The molecule has 27 heavy (non-hydrogen) atoms. The minimum atomic E-state index is -0.564. The minimum absolute atomic E-state index is 0.245. The van der Waals surface area contributed by atoms with Gasteiger partial charge in [0.2, 0.25) is 0 Å². The Bertz CT molecular complexity index is 698. The van der Waals surface area contributed by atoms with E-state index in [0.717, 1.165) is 43.5 Å². The largest absolute Gasteiger partial charge is 0.370 e. The van der Waals surface area contributed by atoms with Gasteiger partial charge in [0.1, 0.15) is 17.7 Å². The Labute approximate surface area is 159 Å². The second-order valence-corrected chi connectivity index (χ2v) is 8.98. The van der Waals surface area contributed by atoms with Gasteiger partial charge in [0.15, 0.2) is 0 Å². The first-order valence-corrected chi connectivity index (χ1v) is 10.4. The van der Waals surface area contributed by atoms with Gasteiger partial charge in [-0.2, -0.15) is 0 Å². The van der Waals surface area contributed by atoms with Crippen LogP contribution < -0.4 is 5.73 Å². The predicted molar refractivity (Wildman–Crippen MR) is 99.2 cm³/mol. The lowest BCUT2D eigenvalue weighted by molar-refractivity contribution is -0.0490. The third kappa shape index (κ3) is 3.53. The van der Waals surface area contributed by atoms with Crippen LogP contribution in [-0.4, -0.2) is 60.7 Å². The Morgan fingerprint density at radius 1 is 1.15 bits per heavy atom. The molecule has 2 unspecified atom stereocenters. The summed E-state index contributed by atoms with van der Waals surface area (Å²) in [5.41, 5.74) is 6.60. The van der Waals surface area contributed by atoms with Gasteiger partial charge in [-0.25, -0.2) is 8.78 Å². The van der Waals surface area contributed by atoms with E-state index in [2.05, 4.69) is 9.80 Å². The number of hydrogen-bond donors (Lipinski definition) is 1. The maximum Gasteiger partial charge on any atom is 0.129 e. The summed E-state index contributed by atoms with van der Waals surface area (Å²) in [6, 6.07) is 4.15. The zero-order valence-corrected chi connectivity index (χ0v) is 15.7. The monoisotopic (exact) mass is 377 g/mol. The smallest absolute Gasteiger partial charge is 0.129 e. The molecule has 3 aliphatic heterocycles. The average molecular weight is 377 g/mol. The molecular formula is C21H29F2N3O. The molecule has 4 aliphatic rings. The summed E-state index contributed by atoms with van der Waals surface area (Å²) in [5.74, 6) is 0.804. The third-order valence-corrected chi connectivity index (χ3v) is 7.06. The quantitative estimate of drug-likeness (QED) is 0.876. The average Bonchev–Trinajstić information content (AvgIpc) is 3.24. The normalized spacial score (nSPS) is 37.7. The molecule has 4 nitrogen and oxygen atoms in total. The molecule has 0 bridgehead atoms. The van der Waals surface area contributed by atoms with Gasteiger partial charge in [0.25, 0.3) is 0 Å². The van der Waals surface area contributed by atoms with Crippen molar-refractivity contribution in [2.75, 3.05) is 32.8 Å². The van der Waals surface area contributed by atoms with E-state index >= 15 is 0 Å². The highest BCUT2D eigenvalue weighted by molar-refractivity contribution is 5.23. The van der Waals surface area contributed by atoms with Crippen LogP contribution >= 0.6 is 0 Å². The van der Waals surface area contributed by atoms with E-state index in [9.17, 15) is 8.78 Å². The number of benzene rings is 1. The molecule has 0 spiro atoms. The van der Waals surface area contributed by atoms with E-state index < -0.39 is 17.7 Å². The molecule has 3 heterocycles.